The van der Waals surface area contributed by atoms with Crippen LogP contribution in [-0.4, -0.2) is 22.5 Å². The molecular weight excluding hydrogens is 473 g/mol. The molecular formula is C16H11BrIN3O2. The third-order valence-corrected chi connectivity index (χ3v) is 4.24. The molecule has 0 bridgehead atoms. The zero-order valence-corrected chi connectivity index (χ0v) is 15.5. The molecule has 116 valence electrons. The van der Waals surface area contributed by atoms with E-state index in [0.29, 0.717) is 5.88 Å². The van der Waals surface area contributed by atoms with Crippen molar-refractivity contribution >= 4 is 61.0 Å². The molecule has 23 heavy (non-hydrogen) atoms. The van der Waals surface area contributed by atoms with Gasteiger partial charge in [0.1, 0.15) is 6.33 Å². The molecule has 7 heteroatoms. The van der Waals surface area contributed by atoms with E-state index in [2.05, 4.69) is 53.8 Å². The Labute approximate surface area is 154 Å². The predicted molar refractivity (Wildman–Crippen MR) is 101 cm³/mol. The Morgan fingerprint density at radius 1 is 1.17 bits per heavy atom. The van der Waals surface area contributed by atoms with Crippen LogP contribution in [0.2, 0.25) is 0 Å². The zero-order valence-electron chi connectivity index (χ0n) is 11.8. The molecule has 3 rings (SSSR count). The average Bonchev–Trinajstić information content (AvgIpc) is 2.55. The molecule has 0 spiro atoms. The summed E-state index contributed by atoms with van der Waals surface area (Å²) in [7, 11) is 0. The SMILES string of the molecule is O=C(COc1ncnc2ccc(Br)cc12)Nc1ccc(I)cc1. The van der Waals surface area contributed by atoms with Gasteiger partial charge in [0.15, 0.2) is 6.61 Å². The summed E-state index contributed by atoms with van der Waals surface area (Å²) in [6.07, 6.45) is 1.42. The fraction of sp³-hybridized carbons (Fsp3) is 0.0625. The molecule has 0 saturated carbocycles. The summed E-state index contributed by atoms with van der Waals surface area (Å²) in [6, 6.07) is 13.1. The summed E-state index contributed by atoms with van der Waals surface area (Å²) in [5, 5.41) is 3.53. The number of anilines is 1. The van der Waals surface area contributed by atoms with Crippen molar-refractivity contribution in [3.8, 4) is 5.88 Å². The van der Waals surface area contributed by atoms with E-state index >= 15 is 0 Å². The van der Waals surface area contributed by atoms with E-state index in [4.69, 9.17) is 4.74 Å². The lowest BCUT2D eigenvalue weighted by molar-refractivity contribution is -0.118. The number of hydrogen-bond donors (Lipinski definition) is 1. The van der Waals surface area contributed by atoms with Crippen LogP contribution >= 0.6 is 38.5 Å². The molecule has 0 saturated heterocycles. The molecule has 0 aliphatic rings. The van der Waals surface area contributed by atoms with Gasteiger partial charge in [-0.2, -0.15) is 0 Å². The lowest BCUT2D eigenvalue weighted by Gasteiger charge is -2.09. The van der Waals surface area contributed by atoms with Crippen molar-refractivity contribution in [3.63, 3.8) is 0 Å². The van der Waals surface area contributed by atoms with Gasteiger partial charge in [-0.25, -0.2) is 9.97 Å². The van der Waals surface area contributed by atoms with Gasteiger partial charge in [-0.1, -0.05) is 15.9 Å². The second kappa shape index (κ2) is 7.22. The van der Waals surface area contributed by atoms with Crippen LogP contribution in [0.1, 0.15) is 0 Å². The van der Waals surface area contributed by atoms with E-state index in [0.717, 1.165) is 24.6 Å². The normalized spacial score (nSPS) is 10.5. The number of carbonyl (C=O) groups is 1. The van der Waals surface area contributed by atoms with Crippen molar-refractivity contribution in [1.82, 2.24) is 9.97 Å². The Morgan fingerprint density at radius 3 is 2.74 bits per heavy atom. The zero-order chi connectivity index (χ0) is 16.2. The number of halogens is 2. The van der Waals surface area contributed by atoms with Crippen LogP contribution in [0.5, 0.6) is 5.88 Å². The van der Waals surface area contributed by atoms with Crippen molar-refractivity contribution in [2.24, 2.45) is 0 Å². The second-order valence-corrected chi connectivity index (χ2v) is 6.85. The molecule has 0 fully saturated rings. The van der Waals surface area contributed by atoms with Crippen molar-refractivity contribution in [2.75, 3.05) is 11.9 Å². The van der Waals surface area contributed by atoms with Gasteiger partial charge in [-0.05, 0) is 65.1 Å². The first-order valence-electron chi connectivity index (χ1n) is 6.70. The highest BCUT2D eigenvalue weighted by molar-refractivity contribution is 14.1. The fourth-order valence-electron chi connectivity index (χ4n) is 1.98. The summed E-state index contributed by atoms with van der Waals surface area (Å²) in [4.78, 5) is 20.3. The molecule has 2 aromatic carbocycles. The lowest BCUT2D eigenvalue weighted by Crippen LogP contribution is -2.20. The predicted octanol–water partition coefficient (Wildman–Crippen LogP) is 4.01. The first-order valence-corrected chi connectivity index (χ1v) is 8.57. The third kappa shape index (κ3) is 4.17. The van der Waals surface area contributed by atoms with Crippen LogP contribution < -0.4 is 10.1 Å². The maximum absolute atomic E-state index is 12.0. The van der Waals surface area contributed by atoms with Gasteiger partial charge in [-0.3, -0.25) is 4.79 Å². The number of rotatable bonds is 4. The topological polar surface area (TPSA) is 64.1 Å². The average molecular weight is 484 g/mol. The number of aromatic nitrogens is 2. The molecule has 0 atom stereocenters. The van der Waals surface area contributed by atoms with E-state index < -0.39 is 0 Å². The number of hydrogen-bond acceptors (Lipinski definition) is 4. The summed E-state index contributed by atoms with van der Waals surface area (Å²) in [5.74, 6) is 0.141. The Hall–Kier alpha value is -1.74. The van der Waals surface area contributed by atoms with Gasteiger partial charge in [0, 0.05) is 13.7 Å². The minimum Gasteiger partial charge on any atom is -0.467 e. The van der Waals surface area contributed by atoms with E-state index in [-0.39, 0.29) is 12.5 Å². The van der Waals surface area contributed by atoms with Crippen molar-refractivity contribution in [3.05, 3.63) is 56.8 Å². The number of nitrogens with one attached hydrogen (secondary N) is 1. The Morgan fingerprint density at radius 2 is 1.96 bits per heavy atom. The van der Waals surface area contributed by atoms with E-state index in [1.165, 1.54) is 6.33 Å². The maximum Gasteiger partial charge on any atom is 0.262 e. The monoisotopic (exact) mass is 483 g/mol. The van der Waals surface area contributed by atoms with Crippen molar-refractivity contribution in [2.45, 2.75) is 0 Å². The highest BCUT2D eigenvalue weighted by atomic mass is 127. The molecule has 3 aromatic rings. The number of amides is 1. The van der Waals surface area contributed by atoms with Gasteiger partial charge in [0.2, 0.25) is 5.88 Å². The van der Waals surface area contributed by atoms with Crippen LogP contribution in [0, 0.1) is 3.57 Å². The van der Waals surface area contributed by atoms with Gasteiger partial charge < -0.3 is 10.1 Å². The smallest absolute Gasteiger partial charge is 0.262 e. The molecule has 0 radical (unpaired) electrons. The Balaban J connectivity index is 1.69. The van der Waals surface area contributed by atoms with Crippen LogP contribution in [0.15, 0.2) is 53.3 Å². The molecule has 0 aliphatic carbocycles. The summed E-state index contributed by atoms with van der Waals surface area (Å²) in [6.45, 7) is -0.120. The molecule has 0 aliphatic heterocycles. The van der Waals surface area contributed by atoms with Crippen molar-refractivity contribution < 1.29 is 9.53 Å². The van der Waals surface area contributed by atoms with Gasteiger partial charge in [-0.15, -0.1) is 0 Å². The van der Waals surface area contributed by atoms with E-state index in [1.807, 2.05) is 42.5 Å². The quantitative estimate of drug-likeness (QED) is 0.569. The first-order chi connectivity index (χ1) is 11.1. The maximum atomic E-state index is 12.0. The van der Waals surface area contributed by atoms with Gasteiger partial charge >= 0.3 is 0 Å². The van der Waals surface area contributed by atoms with E-state index in [1.54, 1.807) is 0 Å². The Bertz CT molecular complexity index is 856. The minimum atomic E-state index is -0.243. The highest BCUT2D eigenvalue weighted by Gasteiger charge is 2.09. The van der Waals surface area contributed by atoms with Gasteiger partial charge in [0.05, 0.1) is 10.9 Å². The molecule has 1 aromatic heterocycles. The first kappa shape index (κ1) is 16.1. The largest absolute Gasteiger partial charge is 0.467 e. The third-order valence-electron chi connectivity index (χ3n) is 3.03. The van der Waals surface area contributed by atoms with Gasteiger partial charge in [0.25, 0.3) is 5.91 Å². The number of ether oxygens (including phenoxy) is 1. The summed E-state index contributed by atoms with van der Waals surface area (Å²) < 4.78 is 7.55. The molecule has 1 N–H and O–H groups in total. The number of benzene rings is 2. The minimum absolute atomic E-state index is 0.120. The summed E-state index contributed by atoms with van der Waals surface area (Å²) in [5.41, 5.74) is 1.49. The van der Waals surface area contributed by atoms with Crippen LogP contribution in [-0.2, 0) is 4.79 Å². The standard InChI is InChI=1S/C16H11BrIN3O2/c17-10-1-6-14-13(7-10)16(20-9-19-14)23-8-15(22)21-12-4-2-11(18)3-5-12/h1-7,9H,8H2,(H,21,22). The fourth-order valence-corrected chi connectivity index (χ4v) is 2.71. The number of carbonyl (C=O) groups excluding carboxylic acids is 1. The highest BCUT2D eigenvalue weighted by Crippen LogP contribution is 2.24. The van der Waals surface area contributed by atoms with E-state index in [9.17, 15) is 4.79 Å². The molecule has 1 heterocycles. The molecule has 5 nitrogen and oxygen atoms in total. The summed E-state index contributed by atoms with van der Waals surface area (Å²) >= 11 is 5.62. The lowest BCUT2D eigenvalue weighted by atomic mass is 10.2. The van der Waals surface area contributed by atoms with Crippen molar-refractivity contribution in [1.29, 1.82) is 0 Å². The molecule has 0 unspecified atom stereocenters. The Kier molecular flexibility index (Phi) is 5.06. The number of fused-ring (bicyclic) bond motifs is 1. The molecule has 1 amide bonds. The second-order valence-electron chi connectivity index (χ2n) is 4.68. The van der Waals surface area contributed by atoms with Crippen LogP contribution in [0.3, 0.4) is 0 Å². The van der Waals surface area contributed by atoms with Crippen LogP contribution in [0.25, 0.3) is 10.9 Å². The number of nitrogens with zero attached hydrogens (tertiary/aromatic N) is 2. The van der Waals surface area contributed by atoms with Crippen LogP contribution in [0.4, 0.5) is 5.69 Å².